The smallest absolute Gasteiger partial charge is 0.333 e. The van der Waals surface area contributed by atoms with Crippen LogP contribution in [0.15, 0.2) is 15.8 Å². The Hall–Kier alpha value is -1.52. The van der Waals surface area contributed by atoms with Crippen molar-refractivity contribution in [2.45, 2.75) is 44.7 Å². The van der Waals surface area contributed by atoms with E-state index in [9.17, 15) is 14.7 Å². The summed E-state index contributed by atoms with van der Waals surface area (Å²) in [5, 5.41) is 22.1. The molecule has 0 aromatic carbocycles. The van der Waals surface area contributed by atoms with Gasteiger partial charge in [0, 0.05) is 37.8 Å². The van der Waals surface area contributed by atoms with Gasteiger partial charge in [0.25, 0.3) is 5.56 Å². The maximum atomic E-state index is 12.6. The second-order valence-electron chi connectivity index (χ2n) is 5.97. The molecule has 136 valence electrons. The molecule has 0 aliphatic carbocycles. The fraction of sp³-hybridized carbons (Fsp3) is 0.733. The Morgan fingerprint density at radius 2 is 2.17 bits per heavy atom. The number of aromatic nitrogens is 2. The zero-order valence-corrected chi connectivity index (χ0v) is 13.9. The van der Waals surface area contributed by atoms with Crippen molar-refractivity contribution < 1.29 is 14.9 Å². The molecule has 9 nitrogen and oxygen atoms in total. The molecule has 1 aliphatic heterocycles. The Labute approximate surface area is 139 Å². The molecule has 0 saturated carbocycles. The molecule has 2 heterocycles. The number of aryl methyl sites for hydroxylation is 1. The molecular weight excluding hydrogens is 316 g/mol. The predicted octanol–water partition coefficient (Wildman–Crippen LogP) is -2.10. The molecule has 3 atom stereocenters. The molecule has 2 rings (SSSR count). The first kappa shape index (κ1) is 18.8. The van der Waals surface area contributed by atoms with Crippen LogP contribution in [-0.2, 0) is 11.3 Å². The molecule has 5 N–H and O–H groups in total. The zero-order valence-electron chi connectivity index (χ0n) is 13.9. The van der Waals surface area contributed by atoms with Crippen LogP contribution in [0.2, 0.25) is 0 Å². The Kier molecular flexibility index (Phi) is 6.69. The quantitative estimate of drug-likeness (QED) is 0.398. The molecule has 1 aromatic heterocycles. The lowest BCUT2D eigenvalue weighted by molar-refractivity contribution is -0.0464. The molecule has 0 spiro atoms. The molecular formula is C15H26N4O5. The molecule has 24 heavy (non-hydrogen) atoms. The van der Waals surface area contributed by atoms with E-state index >= 15 is 0 Å². The van der Waals surface area contributed by atoms with Crippen LogP contribution in [0, 0.1) is 6.92 Å². The lowest BCUT2D eigenvalue weighted by Gasteiger charge is -2.17. The average Bonchev–Trinajstić information content (AvgIpc) is 2.94. The van der Waals surface area contributed by atoms with Crippen molar-refractivity contribution >= 4 is 0 Å². The van der Waals surface area contributed by atoms with Crippen LogP contribution in [0.4, 0.5) is 0 Å². The van der Waals surface area contributed by atoms with Crippen LogP contribution < -0.4 is 22.3 Å². The largest absolute Gasteiger partial charge is 0.394 e. The number of aliphatic hydroxyl groups is 2. The zero-order chi connectivity index (χ0) is 17.7. The second kappa shape index (κ2) is 8.54. The highest BCUT2D eigenvalue weighted by molar-refractivity contribution is 5.04. The van der Waals surface area contributed by atoms with Crippen molar-refractivity contribution in [2.75, 3.05) is 26.2 Å². The van der Waals surface area contributed by atoms with Crippen molar-refractivity contribution in [3.8, 4) is 0 Å². The first-order chi connectivity index (χ1) is 11.5. The molecule has 9 heteroatoms. The van der Waals surface area contributed by atoms with Crippen molar-refractivity contribution in [1.82, 2.24) is 14.5 Å². The fourth-order valence-electron chi connectivity index (χ4n) is 2.80. The van der Waals surface area contributed by atoms with Crippen molar-refractivity contribution in [3.05, 3.63) is 32.6 Å². The van der Waals surface area contributed by atoms with Gasteiger partial charge >= 0.3 is 5.69 Å². The van der Waals surface area contributed by atoms with E-state index < -0.39 is 24.1 Å². The molecule has 0 amide bonds. The number of nitrogens with zero attached hydrogens (tertiary/aromatic N) is 2. The highest BCUT2D eigenvalue weighted by Crippen LogP contribution is 2.27. The number of rotatable bonds is 8. The lowest BCUT2D eigenvalue weighted by Crippen LogP contribution is -2.42. The van der Waals surface area contributed by atoms with Gasteiger partial charge in [-0.1, -0.05) is 0 Å². The normalized spacial score (nSPS) is 23.8. The van der Waals surface area contributed by atoms with E-state index in [1.807, 2.05) is 0 Å². The standard InChI is InChI=1S/C15H26N4O5/c1-10-8-19(13-7-11(21)12(9-20)24-13)15(23)18(14(10)22)6-2-4-17-5-3-16/h8,11-13,17,20-21H,2-7,9,16H2,1H3/t11-,12+,13+/m0/s1. The van der Waals surface area contributed by atoms with E-state index in [-0.39, 0.29) is 25.1 Å². The van der Waals surface area contributed by atoms with Crippen LogP contribution in [0.1, 0.15) is 24.6 Å². The van der Waals surface area contributed by atoms with Crippen LogP contribution in [0.3, 0.4) is 0 Å². The summed E-state index contributed by atoms with van der Waals surface area (Å²) in [5.74, 6) is 0. The highest BCUT2D eigenvalue weighted by atomic mass is 16.5. The number of aliphatic hydroxyl groups excluding tert-OH is 2. The molecule has 0 unspecified atom stereocenters. The van der Waals surface area contributed by atoms with E-state index in [2.05, 4.69) is 5.32 Å². The summed E-state index contributed by atoms with van der Waals surface area (Å²) in [6.45, 7) is 3.47. The predicted molar refractivity (Wildman–Crippen MR) is 87.9 cm³/mol. The topological polar surface area (TPSA) is 132 Å². The number of ether oxygens (including phenoxy) is 1. The van der Waals surface area contributed by atoms with Gasteiger partial charge in [-0.15, -0.1) is 0 Å². The minimum Gasteiger partial charge on any atom is -0.394 e. The third-order valence-electron chi connectivity index (χ3n) is 4.12. The van der Waals surface area contributed by atoms with Gasteiger partial charge in [0.15, 0.2) is 0 Å². The van der Waals surface area contributed by atoms with E-state index in [1.54, 1.807) is 6.92 Å². The average molecular weight is 342 g/mol. The van der Waals surface area contributed by atoms with Crippen LogP contribution in [0.25, 0.3) is 0 Å². The first-order valence-electron chi connectivity index (χ1n) is 8.17. The van der Waals surface area contributed by atoms with Gasteiger partial charge in [-0.3, -0.25) is 13.9 Å². The Morgan fingerprint density at radius 1 is 1.42 bits per heavy atom. The lowest BCUT2D eigenvalue weighted by atomic mass is 10.2. The van der Waals surface area contributed by atoms with Gasteiger partial charge in [0.05, 0.1) is 12.7 Å². The summed E-state index contributed by atoms with van der Waals surface area (Å²) in [6, 6.07) is 0. The third-order valence-corrected chi connectivity index (χ3v) is 4.12. The molecule has 0 radical (unpaired) electrons. The van der Waals surface area contributed by atoms with Gasteiger partial charge < -0.3 is 26.0 Å². The molecule has 1 saturated heterocycles. The molecule has 1 aromatic rings. The summed E-state index contributed by atoms with van der Waals surface area (Å²) >= 11 is 0. The molecule has 0 bridgehead atoms. The van der Waals surface area contributed by atoms with Gasteiger partial charge in [0.2, 0.25) is 0 Å². The van der Waals surface area contributed by atoms with Crippen molar-refractivity contribution in [2.24, 2.45) is 5.73 Å². The van der Waals surface area contributed by atoms with Gasteiger partial charge in [-0.05, 0) is 19.9 Å². The van der Waals surface area contributed by atoms with E-state index in [4.69, 9.17) is 15.6 Å². The Balaban J connectivity index is 2.19. The maximum absolute atomic E-state index is 12.6. The second-order valence-corrected chi connectivity index (χ2v) is 5.97. The van der Waals surface area contributed by atoms with Crippen molar-refractivity contribution in [1.29, 1.82) is 0 Å². The number of hydrogen-bond acceptors (Lipinski definition) is 7. The van der Waals surface area contributed by atoms with E-state index in [1.165, 1.54) is 15.3 Å². The number of nitrogens with two attached hydrogens (primary N) is 1. The fourth-order valence-corrected chi connectivity index (χ4v) is 2.80. The van der Waals surface area contributed by atoms with Gasteiger partial charge in [-0.2, -0.15) is 0 Å². The number of nitrogens with one attached hydrogen (secondary N) is 1. The third kappa shape index (κ3) is 4.11. The number of hydrogen-bond donors (Lipinski definition) is 4. The van der Waals surface area contributed by atoms with Crippen LogP contribution >= 0.6 is 0 Å². The van der Waals surface area contributed by atoms with E-state index in [0.717, 1.165) is 0 Å². The Bertz CT molecular complexity index is 656. The van der Waals surface area contributed by atoms with Gasteiger partial charge in [-0.25, -0.2) is 4.79 Å². The van der Waals surface area contributed by atoms with Gasteiger partial charge in [0.1, 0.15) is 12.3 Å². The summed E-state index contributed by atoms with van der Waals surface area (Å²) in [4.78, 5) is 24.9. The van der Waals surface area contributed by atoms with Crippen LogP contribution in [-0.4, -0.2) is 57.8 Å². The summed E-state index contributed by atoms with van der Waals surface area (Å²) < 4.78 is 8.02. The Morgan fingerprint density at radius 3 is 2.79 bits per heavy atom. The minimum absolute atomic E-state index is 0.195. The summed E-state index contributed by atoms with van der Waals surface area (Å²) in [6.07, 6.45) is 0.0133. The maximum Gasteiger partial charge on any atom is 0.333 e. The van der Waals surface area contributed by atoms with E-state index in [0.29, 0.717) is 31.6 Å². The van der Waals surface area contributed by atoms with Crippen LogP contribution in [0.5, 0.6) is 0 Å². The summed E-state index contributed by atoms with van der Waals surface area (Å²) in [7, 11) is 0. The minimum atomic E-state index is -0.840. The molecule has 1 fully saturated rings. The molecule has 1 aliphatic rings. The highest BCUT2D eigenvalue weighted by Gasteiger charge is 2.35. The monoisotopic (exact) mass is 342 g/mol. The summed E-state index contributed by atoms with van der Waals surface area (Å²) in [5.41, 5.74) is 5.02. The SMILES string of the molecule is Cc1cn([C@H]2C[C@H](O)[C@@H](CO)O2)c(=O)n(CCCNCCN)c1=O. The first-order valence-corrected chi connectivity index (χ1v) is 8.17. The van der Waals surface area contributed by atoms with Crippen molar-refractivity contribution in [3.63, 3.8) is 0 Å².